The second kappa shape index (κ2) is 11.5. The molecule has 9 nitrogen and oxygen atoms in total. The molecule has 206 valence electrons. The Labute approximate surface area is 247 Å². The molecule has 12 heteroatoms. The number of furan rings is 1. The van der Waals surface area contributed by atoms with Crippen molar-refractivity contribution in [3.05, 3.63) is 117 Å². The van der Waals surface area contributed by atoms with Crippen LogP contribution in [-0.2, 0) is 6.54 Å². The molecule has 3 aromatic carbocycles. The van der Waals surface area contributed by atoms with E-state index in [1.54, 1.807) is 48.5 Å². The summed E-state index contributed by atoms with van der Waals surface area (Å²) in [7, 11) is 0. The highest BCUT2D eigenvalue weighted by molar-refractivity contribution is 6.42. The third-order valence-corrected chi connectivity index (χ3v) is 7.15. The van der Waals surface area contributed by atoms with E-state index in [9.17, 15) is 19.5 Å². The van der Waals surface area contributed by atoms with Crippen LogP contribution in [0.1, 0.15) is 37.0 Å². The van der Waals surface area contributed by atoms with Crippen molar-refractivity contribution in [3.63, 3.8) is 0 Å². The molecule has 0 aliphatic carbocycles. The number of carbonyl (C=O) groups is 3. The average molecular weight is 611 g/mol. The van der Waals surface area contributed by atoms with Gasteiger partial charge in [-0.3, -0.25) is 4.79 Å². The molecule has 41 heavy (non-hydrogen) atoms. The molecular weight excluding hydrogens is 593 g/mol. The highest BCUT2D eigenvalue weighted by Gasteiger charge is 2.18. The summed E-state index contributed by atoms with van der Waals surface area (Å²) in [5.41, 5.74) is 3.16. The summed E-state index contributed by atoms with van der Waals surface area (Å²) < 4.78 is 6.76. The lowest BCUT2D eigenvalue weighted by atomic mass is 10.1. The number of nitrogens with one attached hydrogen (secondary N) is 1. The van der Waals surface area contributed by atoms with Gasteiger partial charge in [0, 0.05) is 17.7 Å². The van der Waals surface area contributed by atoms with Crippen LogP contribution in [0.3, 0.4) is 0 Å². The van der Waals surface area contributed by atoms with Crippen molar-refractivity contribution in [2.45, 2.75) is 6.54 Å². The maximum absolute atomic E-state index is 12.8. The lowest BCUT2D eigenvalue weighted by Gasteiger charge is -2.10. The van der Waals surface area contributed by atoms with Crippen LogP contribution in [0.25, 0.3) is 28.3 Å². The summed E-state index contributed by atoms with van der Waals surface area (Å²) in [6.45, 7) is 0.198. The third-order valence-electron chi connectivity index (χ3n) is 6.09. The fourth-order valence-corrected chi connectivity index (χ4v) is 4.59. The van der Waals surface area contributed by atoms with E-state index in [4.69, 9.17) is 44.3 Å². The number of carboxylic acid groups (broad SMARTS) is 2. The lowest BCUT2D eigenvalue weighted by Crippen LogP contribution is -2.23. The van der Waals surface area contributed by atoms with Crippen molar-refractivity contribution in [2.75, 3.05) is 0 Å². The first-order valence-corrected chi connectivity index (χ1v) is 13.0. The number of nitrogens with zero attached hydrogens (tertiary/aromatic N) is 2. The molecule has 0 radical (unpaired) electrons. The lowest BCUT2D eigenvalue weighted by molar-refractivity contribution is 0.0660. The van der Waals surface area contributed by atoms with Gasteiger partial charge in [-0.2, -0.15) is 5.10 Å². The van der Waals surface area contributed by atoms with Crippen molar-refractivity contribution in [1.29, 1.82) is 0 Å². The standard InChI is InChI=1S/C29H18Cl3N3O6/c30-20-8-6-18(12-22(20)32)35-24(13-23(34-35)28(37)38)16-3-1-15(2-4-16)14-33-27(36)19-7-5-17(11-21(19)31)25-9-10-26(41-25)29(39)40/h1-13H,14H2,(H,33,36)(H,37,38)(H,39,40). The summed E-state index contributed by atoms with van der Waals surface area (Å²) in [5, 5.41) is 26.4. The second-order valence-electron chi connectivity index (χ2n) is 8.77. The van der Waals surface area contributed by atoms with E-state index >= 15 is 0 Å². The first-order chi connectivity index (χ1) is 19.6. The Morgan fingerprint density at radius 2 is 1.51 bits per heavy atom. The van der Waals surface area contributed by atoms with Crippen LogP contribution >= 0.6 is 34.8 Å². The molecule has 1 amide bonds. The summed E-state index contributed by atoms with van der Waals surface area (Å²) in [5.74, 6) is -2.66. The molecule has 0 bridgehead atoms. The fraction of sp³-hybridized carbons (Fsp3) is 0.0345. The Kier molecular flexibility index (Phi) is 7.85. The molecule has 0 saturated heterocycles. The molecule has 0 saturated carbocycles. The number of carbonyl (C=O) groups excluding carboxylic acids is 1. The van der Waals surface area contributed by atoms with Crippen LogP contribution < -0.4 is 5.32 Å². The monoisotopic (exact) mass is 609 g/mol. The van der Waals surface area contributed by atoms with Crippen molar-refractivity contribution in [3.8, 4) is 28.3 Å². The van der Waals surface area contributed by atoms with Crippen molar-refractivity contribution < 1.29 is 29.0 Å². The summed E-state index contributed by atoms with van der Waals surface area (Å²) >= 11 is 18.5. The zero-order chi connectivity index (χ0) is 29.3. The molecule has 0 unspecified atom stereocenters. The molecule has 2 aromatic heterocycles. The predicted molar refractivity (Wildman–Crippen MR) is 153 cm³/mol. The van der Waals surface area contributed by atoms with E-state index in [2.05, 4.69) is 10.4 Å². The van der Waals surface area contributed by atoms with Gasteiger partial charge in [-0.1, -0.05) is 65.1 Å². The molecule has 0 aliphatic heterocycles. The van der Waals surface area contributed by atoms with E-state index < -0.39 is 17.8 Å². The third kappa shape index (κ3) is 5.97. The SMILES string of the molecule is O=C(O)c1cc(-c2ccc(CNC(=O)c3ccc(-c4ccc(C(=O)O)o4)cc3Cl)cc2)n(-c2ccc(Cl)c(Cl)c2)n1. The van der Waals surface area contributed by atoms with Crippen LogP contribution in [0, 0.1) is 0 Å². The number of aromatic carboxylic acids is 2. The van der Waals surface area contributed by atoms with E-state index in [1.165, 1.54) is 35.0 Å². The van der Waals surface area contributed by atoms with E-state index in [0.717, 1.165) is 5.56 Å². The van der Waals surface area contributed by atoms with Gasteiger partial charge in [0.05, 0.1) is 32.0 Å². The van der Waals surface area contributed by atoms with Crippen LogP contribution in [-0.4, -0.2) is 37.8 Å². The predicted octanol–water partition coefficient (Wildman–Crippen LogP) is 7.09. The normalized spacial score (nSPS) is 10.9. The summed E-state index contributed by atoms with van der Waals surface area (Å²) in [4.78, 5) is 35.5. The van der Waals surface area contributed by atoms with Crippen LogP contribution in [0.4, 0.5) is 0 Å². The van der Waals surface area contributed by atoms with E-state index in [-0.39, 0.29) is 28.6 Å². The topological polar surface area (TPSA) is 135 Å². The summed E-state index contributed by atoms with van der Waals surface area (Å²) in [6.07, 6.45) is 0. The first kappa shape index (κ1) is 28.0. The number of aromatic nitrogens is 2. The van der Waals surface area contributed by atoms with E-state index in [1.807, 2.05) is 0 Å². The fourth-order valence-electron chi connectivity index (χ4n) is 4.04. The molecule has 2 heterocycles. The van der Waals surface area contributed by atoms with Gasteiger partial charge in [-0.05, 0) is 54.1 Å². The van der Waals surface area contributed by atoms with Gasteiger partial charge in [0.25, 0.3) is 5.91 Å². The van der Waals surface area contributed by atoms with Crippen LogP contribution in [0.5, 0.6) is 0 Å². The number of hydrogen-bond donors (Lipinski definition) is 3. The second-order valence-corrected chi connectivity index (χ2v) is 10.00. The largest absolute Gasteiger partial charge is 0.476 e. The minimum absolute atomic E-state index is 0.139. The maximum atomic E-state index is 12.8. The van der Waals surface area contributed by atoms with Crippen molar-refractivity contribution >= 4 is 52.6 Å². The quantitative estimate of drug-likeness (QED) is 0.171. The highest BCUT2D eigenvalue weighted by Crippen LogP contribution is 2.30. The first-order valence-electron chi connectivity index (χ1n) is 11.9. The van der Waals surface area contributed by atoms with Gasteiger partial charge in [-0.15, -0.1) is 0 Å². The Morgan fingerprint density at radius 1 is 0.780 bits per heavy atom. The Morgan fingerprint density at radius 3 is 2.15 bits per heavy atom. The van der Waals surface area contributed by atoms with Gasteiger partial charge < -0.3 is 19.9 Å². The average Bonchev–Trinajstić information content (AvgIpc) is 3.62. The number of hydrogen-bond acceptors (Lipinski definition) is 5. The Bertz CT molecular complexity index is 1810. The van der Waals surface area contributed by atoms with Gasteiger partial charge in [-0.25, -0.2) is 14.3 Å². The zero-order valence-corrected chi connectivity index (χ0v) is 23.0. The molecular formula is C29H18Cl3N3O6. The Balaban J connectivity index is 1.31. The molecule has 0 aliphatic rings. The number of amides is 1. The van der Waals surface area contributed by atoms with Gasteiger partial charge in [0.2, 0.25) is 5.76 Å². The van der Waals surface area contributed by atoms with Crippen LogP contribution in [0.15, 0.2) is 83.3 Å². The minimum Gasteiger partial charge on any atom is -0.476 e. The zero-order valence-electron chi connectivity index (χ0n) is 20.8. The molecule has 0 atom stereocenters. The maximum Gasteiger partial charge on any atom is 0.371 e. The molecule has 3 N–H and O–H groups in total. The van der Waals surface area contributed by atoms with Crippen molar-refractivity contribution in [1.82, 2.24) is 15.1 Å². The number of carboxylic acids is 2. The van der Waals surface area contributed by atoms with E-state index in [0.29, 0.717) is 38.3 Å². The number of rotatable bonds is 8. The molecule has 5 rings (SSSR count). The molecule has 5 aromatic rings. The van der Waals surface area contributed by atoms with Gasteiger partial charge >= 0.3 is 11.9 Å². The summed E-state index contributed by atoms with van der Waals surface area (Å²) in [6, 6.07) is 21.0. The molecule has 0 fully saturated rings. The Hall–Kier alpha value is -4.57. The molecule has 0 spiro atoms. The van der Waals surface area contributed by atoms with Gasteiger partial charge in [0.15, 0.2) is 5.69 Å². The van der Waals surface area contributed by atoms with Crippen molar-refractivity contribution in [2.24, 2.45) is 0 Å². The number of halogens is 3. The van der Waals surface area contributed by atoms with Gasteiger partial charge in [0.1, 0.15) is 5.76 Å². The number of benzene rings is 3. The smallest absolute Gasteiger partial charge is 0.371 e. The minimum atomic E-state index is -1.19. The van der Waals surface area contributed by atoms with Crippen LogP contribution in [0.2, 0.25) is 15.1 Å². The highest BCUT2D eigenvalue weighted by atomic mass is 35.5.